The minimum Gasteiger partial charge on any atom is -0.354 e. The summed E-state index contributed by atoms with van der Waals surface area (Å²) in [6.07, 6.45) is 4.94. The van der Waals surface area contributed by atoms with Gasteiger partial charge in [-0.2, -0.15) is 0 Å². The highest BCUT2D eigenvalue weighted by molar-refractivity contribution is 5.78. The minimum absolute atomic E-state index is 0.0669. The molecule has 0 atom stereocenters. The molecule has 0 unspecified atom stereocenters. The fourth-order valence-corrected chi connectivity index (χ4v) is 2.63. The standard InChI is InChI=1S/C15H20F2N2O/c16-12-6-4-5-11(14(12)17)9-13(20)19-10-15(18)7-2-1-3-8-15/h4-6H,1-3,7-10,18H2,(H,19,20). The van der Waals surface area contributed by atoms with E-state index < -0.39 is 11.6 Å². The second kappa shape index (κ2) is 6.31. The SMILES string of the molecule is NC1(CNC(=O)Cc2cccc(F)c2F)CCCCC1. The van der Waals surface area contributed by atoms with Crippen molar-refractivity contribution in [1.82, 2.24) is 5.32 Å². The maximum atomic E-state index is 13.5. The number of benzene rings is 1. The Morgan fingerprint density at radius 3 is 2.65 bits per heavy atom. The molecule has 0 spiro atoms. The fraction of sp³-hybridized carbons (Fsp3) is 0.533. The summed E-state index contributed by atoms with van der Waals surface area (Å²) in [5.41, 5.74) is 5.92. The fourth-order valence-electron chi connectivity index (χ4n) is 2.63. The molecular weight excluding hydrogens is 262 g/mol. The van der Waals surface area contributed by atoms with E-state index in [1.54, 1.807) is 0 Å². The average Bonchev–Trinajstić information content (AvgIpc) is 2.43. The first kappa shape index (κ1) is 14.9. The van der Waals surface area contributed by atoms with Crippen LogP contribution in [0.3, 0.4) is 0 Å². The number of halogens is 2. The Kier molecular flexibility index (Phi) is 4.70. The summed E-state index contributed by atoms with van der Waals surface area (Å²) >= 11 is 0. The van der Waals surface area contributed by atoms with Crippen molar-refractivity contribution in [2.24, 2.45) is 5.73 Å². The van der Waals surface area contributed by atoms with Crippen molar-refractivity contribution in [1.29, 1.82) is 0 Å². The minimum atomic E-state index is -0.956. The molecule has 1 aromatic carbocycles. The first-order chi connectivity index (χ1) is 9.50. The van der Waals surface area contributed by atoms with E-state index in [1.165, 1.54) is 18.6 Å². The summed E-state index contributed by atoms with van der Waals surface area (Å²) < 4.78 is 26.5. The van der Waals surface area contributed by atoms with Crippen molar-refractivity contribution in [2.75, 3.05) is 6.54 Å². The van der Waals surface area contributed by atoms with Crippen LogP contribution >= 0.6 is 0 Å². The quantitative estimate of drug-likeness (QED) is 0.890. The van der Waals surface area contributed by atoms with Crippen LogP contribution in [0.25, 0.3) is 0 Å². The number of hydrogen-bond acceptors (Lipinski definition) is 2. The number of carbonyl (C=O) groups excluding carboxylic acids is 1. The van der Waals surface area contributed by atoms with E-state index in [2.05, 4.69) is 5.32 Å². The number of hydrogen-bond donors (Lipinski definition) is 2. The Bertz CT molecular complexity index is 485. The molecule has 3 N–H and O–H groups in total. The van der Waals surface area contributed by atoms with Crippen LogP contribution in [0.5, 0.6) is 0 Å². The molecule has 0 saturated heterocycles. The number of rotatable bonds is 4. The number of nitrogens with two attached hydrogens (primary N) is 1. The topological polar surface area (TPSA) is 55.1 Å². The van der Waals surface area contributed by atoms with E-state index >= 15 is 0 Å². The van der Waals surface area contributed by atoms with Crippen LogP contribution in [0.2, 0.25) is 0 Å². The Morgan fingerprint density at radius 2 is 1.95 bits per heavy atom. The third kappa shape index (κ3) is 3.76. The van der Waals surface area contributed by atoms with Gasteiger partial charge in [0.1, 0.15) is 0 Å². The van der Waals surface area contributed by atoms with Crippen molar-refractivity contribution < 1.29 is 13.6 Å². The van der Waals surface area contributed by atoms with Gasteiger partial charge in [0.25, 0.3) is 0 Å². The van der Waals surface area contributed by atoms with Crippen LogP contribution in [0.1, 0.15) is 37.7 Å². The average molecular weight is 282 g/mol. The van der Waals surface area contributed by atoms with E-state index in [9.17, 15) is 13.6 Å². The molecule has 1 aliphatic carbocycles. The lowest BCUT2D eigenvalue weighted by Gasteiger charge is -2.33. The third-order valence-corrected chi connectivity index (χ3v) is 3.87. The van der Waals surface area contributed by atoms with Gasteiger partial charge in [0.05, 0.1) is 6.42 Å². The van der Waals surface area contributed by atoms with E-state index in [1.807, 2.05) is 0 Å². The molecule has 1 aromatic rings. The van der Waals surface area contributed by atoms with Crippen molar-refractivity contribution in [2.45, 2.75) is 44.1 Å². The molecule has 0 radical (unpaired) electrons. The van der Waals surface area contributed by atoms with Gasteiger partial charge in [-0.25, -0.2) is 8.78 Å². The lowest BCUT2D eigenvalue weighted by molar-refractivity contribution is -0.120. The van der Waals surface area contributed by atoms with Gasteiger partial charge in [-0.3, -0.25) is 4.79 Å². The Hall–Kier alpha value is -1.49. The monoisotopic (exact) mass is 282 g/mol. The van der Waals surface area contributed by atoms with Crippen molar-refractivity contribution in [3.63, 3.8) is 0 Å². The lowest BCUT2D eigenvalue weighted by atomic mass is 9.82. The van der Waals surface area contributed by atoms with Gasteiger partial charge in [0.2, 0.25) is 5.91 Å². The predicted molar refractivity (Wildman–Crippen MR) is 73.1 cm³/mol. The van der Waals surface area contributed by atoms with Gasteiger partial charge in [0, 0.05) is 17.6 Å². The van der Waals surface area contributed by atoms with Gasteiger partial charge in [-0.15, -0.1) is 0 Å². The zero-order valence-corrected chi connectivity index (χ0v) is 11.4. The molecule has 110 valence electrons. The summed E-state index contributed by atoms with van der Waals surface area (Å²) in [6.45, 7) is 0.392. The summed E-state index contributed by atoms with van der Waals surface area (Å²) in [6, 6.07) is 3.84. The van der Waals surface area contributed by atoms with Crippen LogP contribution in [0.4, 0.5) is 8.78 Å². The molecule has 1 amide bonds. The predicted octanol–water partition coefficient (Wildman–Crippen LogP) is 2.29. The molecule has 5 heteroatoms. The zero-order valence-electron chi connectivity index (χ0n) is 11.4. The molecule has 2 rings (SSSR count). The third-order valence-electron chi connectivity index (χ3n) is 3.87. The summed E-state index contributed by atoms with van der Waals surface area (Å²) in [5, 5.41) is 2.73. The summed E-state index contributed by atoms with van der Waals surface area (Å²) in [5.74, 6) is -2.22. The second-order valence-electron chi connectivity index (χ2n) is 5.59. The molecule has 0 aliphatic heterocycles. The van der Waals surface area contributed by atoms with E-state index in [-0.39, 0.29) is 23.4 Å². The van der Waals surface area contributed by atoms with Gasteiger partial charge < -0.3 is 11.1 Å². The Labute approximate surface area is 117 Å². The molecular formula is C15H20F2N2O. The maximum absolute atomic E-state index is 13.5. The van der Waals surface area contributed by atoms with Gasteiger partial charge >= 0.3 is 0 Å². The number of carbonyl (C=O) groups is 1. The largest absolute Gasteiger partial charge is 0.354 e. The van der Waals surface area contributed by atoms with Crippen molar-refractivity contribution >= 4 is 5.91 Å². The number of nitrogens with one attached hydrogen (secondary N) is 1. The van der Waals surface area contributed by atoms with Crippen LogP contribution in [-0.2, 0) is 11.2 Å². The van der Waals surface area contributed by atoms with E-state index in [0.29, 0.717) is 6.54 Å². The van der Waals surface area contributed by atoms with E-state index in [4.69, 9.17) is 5.73 Å². The molecule has 0 heterocycles. The molecule has 0 bridgehead atoms. The normalized spacial score (nSPS) is 17.8. The first-order valence-corrected chi connectivity index (χ1v) is 6.99. The van der Waals surface area contributed by atoms with Gasteiger partial charge in [-0.1, -0.05) is 31.4 Å². The van der Waals surface area contributed by atoms with Crippen molar-refractivity contribution in [3.05, 3.63) is 35.4 Å². The Balaban J connectivity index is 1.88. The molecule has 20 heavy (non-hydrogen) atoms. The van der Waals surface area contributed by atoms with Gasteiger partial charge in [0.15, 0.2) is 11.6 Å². The van der Waals surface area contributed by atoms with Gasteiger partial charge in [-0.05, 0) is 18.9 Å². The molecule has 1 saturated carbocycles. The van der Waals surface area contributed by atoms with Crippen LogP contribution in [-0.4, -0.2) is 18.0 Å². The molecule has 1 fully saturated rings. The summed E-state index contributed by atoms with van der Waals surface area (Å²) in [7, 11) is 0. The highest BCUT2D eigenvalue weighted by Crippen LogP contribution is 2.25. The lowest BCUT2D eigenvalue weighted by Crippen LogP contribution is -2.51. The Morgan fingerprint density at radius 1 is 1.25 bits per heavy atom. The van der Waals surface area contributed by atoms with Crippen LogP contribution < -0.4 is 11.1 Å². The highest BCUT2D eigenvalue weighted by Gasteiger charge is 2.27. The first-order valence-electron chi connectivity index (χ1n) is 6.99. The smallest absolute Gasteiger partial charge is 0.224 e. The summed E-state index contributed by atoms with van der Waals surface area (Å²) in [4.78, 5) is 11.8. The van der Waals surface area contributed by atoms with Crippen molar-refractivity contribution in [3.8, 4) is 0 Å². The second-order valence-corrected chi connectivity index (χ2v) is 5.59. The highest BCUT2D eigenvalue weighted by atomic mass is 19.2. The maximum Gasteiger partial charge on any atom is 0.224 e. The van der Waals surface area contributed by atoms with Crippen LogP contribution in [0, 0.1) is 11.6 Å². The molecule has 3 nitrogen and oxygen atoms in total. The van der Waals surface area contributed by atoms with Crippen LogP contribution in [0.15, 0.2) is 18.2 Å². The molecule has 0 aromatic heterocycles. The molecule has 1 aliphatic rings. The van der Waals surface area contributed by atoms with E-state index in [0.717, 1.165) is 31.7 Å². The zero-order chi connectivity index (χ0) is 14.6. The number of amides is 1.